The second-order valence-electron chi connectivity index (χ2n) is 4.95. The first-order valence-electron chi connectivity index (χ1n) is 7.40. The van der Waals surface area contributed by atoms with Crippen LogP contribution in [0.25, 0.3) is 10.9 Å². The van der Waals surface area contributed by atoms with Crippen molar-refractivity contribution >= 4 is 24.7 Å². The van der Waals surface area contributed by atoms with E-state index in [9.17, 15) is 30.0 Å². The molecule has 0 fully saturated rings. The van der Waals surface area contributed by atoms with Crippen molar-refractivity contribution in [2.75, 3.05) is 7.11 Å². The summed E-state index contributed by atoms with van der Waals surface area (Å²) in [5, 5.41) is 0.710. The SMILES string of the molecule is CC#CC#CC#COC(=O)c1cc[n+](OC)c2ccccc12.F[P-](F)(F)(F)(F)F.[HH]. The van der Waals surface area contributed by atoms with Crippen molar-refractivity contribution < 1.29 is 45.7 Å². The van der Waals surface area contributed by atoms with Crippen molar-refractivity contribution in [1.82, 2.24) is 0 Å². The van der Waals surface area contributed by atoms with Gasteiger partial charge in [-0.2, -0.15) is 0 Å². The van der Waals surface area contributed by atoms with E-state index in [1.807, 2.05) is 24.3 Å². The number of carbonyl (C=O) groups is 1. The van der Waals surface area contributed by atoms with Gasteiger partial charge in [-0.25, -0.2) is 4.79 Å². The molecule has 0 bridgehead atoms. The van der Waals surface area contributed by atoms with Gasteiger partial charge >= 0.3 is 39.0 Å². The van der Waals surface area contributed by atoms with E-state index in [1.54, 1.807) is 31.0 Å². The summed E-state index contributed by atoms with van der Waals surface area (Å²) in [7, 11) is -9.11. The van der Waals surface area contributed by atoms with Gasteiger partial charge < -0.3 is 4.74 Å². The zero-order valence-corrected chi connectivity index (χ0v) is 15.7. The first-order chi connectivity index (χ1) is 13.2. The molecule has 0 saturated carbocycles. The van der Waals surface area contributed by atoms with E-state index in [1.165, 1.54) is 0 Å². The third-order valence-electron chi connectivity index (χ3n) is 2.73. The van der Waals surface area contributed by atoms with Crippen LogP contribution in [0.5, 0.6) is 0 Å². The third-order valence-corrected chi connectivity index (χ3v) is 2.73. The van der Waals surface area contributed by atoms with Gasteiger partial charge in [0.05, 0.1) is 10.9 Å². The van der Waals surface area contributed by atoms with E-state index in [0.717, 1.165) is 5.52 Å². The summed E-state index contributed by atoms with van der Waals surface area (Å²) in [6, 6.07) is 8.96. The number of hydrogen-bond acceptors (Lipinski definition) is 3. The monoisotopic (exact) mass is 437 g/mol. The Morgan fingerprint density at radius 1 is 1.00 bits per heavy atom. The number of pyridine rings is 1. The Morgan fingerprint density at radius 3 is 2.17 bits per heavy atom. The zero-order chi connectivity index (χ0) is 22.2. The van der Waals surface area contributed by atoms with Crippen molar-refractivity contribution in [3.63, 3.8) is 0 Å². The number of benzene rings is 1. The van der Waals surface area contributed by atoms with Crippen molar-refractivity contribution in [3.8, 4) is 35.7 Å². The molecule has 0 unspecified atom stereocenters. The minimum Gasteiger partial charge on any atom is 0 e. The standard InChI is InChI=1S/C18H12NO3.F6P.H2/c1-3-4-5-6-9-14-22-18(20)16-12-13-19(21-2)17-11-8-7-10-15(16)17;1-7(2,3,4,5)6;/h7-8,10-13H,1-2H3;;1H/q+1;-1;. The Morgan fingerprint density at radius 2 is 1.59 bits per heavy atom. The maximum atomic E-state index is 12.1. The number of hydrogen-bond donors (Lipinski definition) is 0. The molecule has 1 aromatic carbocycles. The summed E-state index contributed by atoms with van der Waals surface area (Å²) in [6.45, 7) is 1.68. The minimum atomic E-state index is -10.7. The normalized spacial score (nSPS) is 12.0. The molecule has 2 aromatic rings. The summed E-state index contributed by atoms with van der Waals surface area (Å²) in [5.41, 5.74) is 1.16. The maximum absolute atomic E-state index is 12.1. The van der Waals surface area contributed by atoms with E-state index < -0.39 is 13.8 Å². The molecule has 0 atom stereocenters. The Hall–Kier alpha value is -3.41. The maximum Gasteiger partial charge on any atom is 0 e. The average Bonchev–Trinajstić information content (AvgIpc) is 2.61. The van der Waals surface area contributed by atoms with Crippen LogP contribution >= 0.6 is 7.81 Å². The van der Waals surface area contributed by atoms with Crippen molar-refractivity contribution in [2.45, 2.75) is 6.92 Å². The van der Waals surface area contributed by atoms with Gasteiger partial charge in [-0.15, -0.1) is 0 Å². The average molecular weight is 437 g/mol. The fraction of sp³-hybridized carbons (Fsp3) is 0.111. The molecule has 0 aliphatic carbocycles. The molecule has 29 heavy (non-hydrogen) atoms. The quantitative estimate of drug-likeness (QED) is 0.219. The molecule has 0 aliphatic rings. The first kappa shape index (κ1) is 23.6. The van der Waals surface area contributed by atoms with Gasteiger partial charge in [0.25, 0.3) is 5.52 Å². The molecular weight excluding hydrogens is 423 g/mol. The number of halogens is 6. The van der Waals surface area contributed by atoms with E-state index >= 15 is 0 Å². The molecule has 0 radical (unpaired) electrons. The summed E-state index contributed by atoms with van der Waals surface area (Å²) >= 11 is 0. The second-order valence-corrected chi connectivity index (χ2v) is 6.87. The summed E-state index contributed by atoms with van der Waals surface area (Å²) < 4.78 is 65.6. The predicted molar refractivity (Wildman–Crippen MR) is 96.7 cm³/mol. The molecule has 156 valence electrons. The van der Waals surface area contributed by atoms with Crippen LogP contribution in [0, 0.1) is 35.7 Å². The number of para-hydroxylation sites is 1. The number of esters is 1. The second kappa shape index (κ2) is 8.31. The molecule has 2 rings (SSSR count). The molecule has 0 N–H and O–H groups in total. The van der Waals surface area contributed by atoms with Crippen molar-refractivity contribution in [3.05, 3.63) is 42.1 Å². The molecule has 1 aromatic heterocycles. The van der Waals surface area contributed by atoms with Gasteiger partial charge in [0, 0.05) is 30.1 Å². The Labute approximate surface area is 163 Å². The van der Waals surface area contributed by atoms with E-state index in [2.05, 4.69) is 35.7 Å². The number of aromatic nitrogens is 1. The Bertz CT molecular complexity index is 1110. The fourth-order valence-corrected chi connectivity index (χ4v) is 1.82. The number of ether oxygens (including phenoxy) is 1. The smallest absolute Gasteiger partial charge is 0 e. The number of rotatable bonds is 2. The topological polar surface area (TPSA) is 39.4 Å². The van der Waals surface area contributed by atoms with Gasteiger partial charge in [-0.1, -0.05) is 18.1 Å². The molecule has 11 heteroatoms. The van der Waals surface area contributed by atoms with Crippen LogP contribution in [0.15, 0.2) is 36.5 Å². The van der Waals surface area contributed by atoms with Gasteiger partial charge in [-0.3, -0.25) is 4.84 Å². The van der Waals surface area contributed by atoms with Gasteiger partial charge in [0.1, 0.15) is 13.2 Å². The van der Waals surface area contributed by atoms with Crippen LogP contribution in [-0.4, -0.2) is 13.1 Å². The first-order valence-corrected chi connectivity index (χ1v) is 9.43. The molecule has 4 nitrogen and oxygen atoms in total. The van der Waals surface area contributed by atoms with Crippen molar-refractivity contribution in [2.24, 2.45) is 0 Å². The summed E-state index contributed by atoms with van der Waals surface area (Å²) in [4.78, 5) is 17.3. The predicted octanol–water partition coefficient (Wildman–Crippen LogP) is 4.96. The van der Waals surface area contributed by atoms with E-state index in [-0.39, 0.29) is 1.43 Å². The minimum absolute atomic E-state index is 0. The van der Waals surface area contributed by atoms with Crippen LogP contribution in [-0.2, 0) is 4.74 Å². The van der Waals surface area contributed by atoms with Crippen LogP contribution < -0.4 is 9.57 Å². The zero-order valence-electron chi connectivity index (χ0n) is 14.9. The number of fused-ring (bicyclic) bond motifs is 1. The molecule has 0 amide bonds. The third kappa shape index (κ3) is 10.5. The van der Waals surface area contributed by atoms with E-state index in [4.69, 9.17) is 9.57 Å². The van der Waals surface area contributed by atoms with Gasteiger partial charge in [-0.05, 0) is 24.8 Å². The Balaban J connectivity index is 0.000000909. The van der Waals surface area contributed by atoms with E-state index in [0.29, 0.717) is 10.9 Å². The largest absolute Gasteiger partial charge is 0 e. The van der Waals surface area contributed by atoms with Crippen molar-refractivity contribution in [1.29, 1.82) is 0 Å². The number of carbonyl (C=O) groups excluding carboxylic acids is 1. The molecule has 0 aliphatic heterocycles. The van der Waals surface area contributed by atoms with Gasteiger partial charge in [0.15, 0.2) is 0 Å². The van der Waals surface area contributed by atoms with Crippen LogP contribution in [0.1, 0.15) is 18.7 Å². The Kier molecular flexibility index (Phi) is 6.77. The van der Waals surface area contributed by atoms with Crippen LogP contribution in [0.4, 0.5) is 25.2 Å². The van der Waals surface area contributed by atoms with Crippen LogP contribution in [0.2, 0.25) is 0 Å². The summed E-state index contributed by atoms with van der Waals surface area (Å²) in [5.74, 6) is 12.0. The fourth-order valence-electron chi connectivity index (χ4n) is 1.82. The summed E-state index contributed by atoms with van der Waals surface area (Å²) in [6.07, 6.45) is 3.90. The molecular formula is C18H14F6NO3P. The molecule has 1 heterocycles. The molecule has 0 saturated heterocycles. The van der Waals surface area contributed by atoms with Gasteiger partial charge in [0.2, 0.25) is 6.20 Å². The number of nitrogens with zero attached hydrogens (tertiary/aromatic N) is 1. The van der Waals surface area contributed by atoms with Crippen LogP contribution in [0.3, 0.4) is 0 Å². The molecule has 0 spiro atoms.